The van der Waals surface area contributed by atoms with Gasteiger partial charge in [-0.1, -0.05) is 0 Å². The quantitative estimate of drug-likeness (QED) is 0.724. The van der Waals surface area contributed by atoms with Crippen LogP contribution in [0.2, 0.25) is 0 Å². The maximum absolute atomic E-state index is 12.8. The minimum atomic E-state index is -5.90. The number of carbonyl (C=O) groups is 1. The fraction of sp³-hybridized carbons (Fsp3) is 0.889. The van der Waals surface area contributed by atoms with Crippen molar-refractivity contribution in [2.24, 2.45) is 0 Å². The smallest absolute Gasteiger partial charge is 0.377 e. The maximum Gasteiger partial charge on any atom is 0.463 e. The van der Waals surface area contributed by atoms with Crippen LogP contribution in [0, 0.1) is 0 Å². The van der Waals surface area contributed by atoms with Gasteiger partial charge in [-0.25, -0.2) is 0 Å². The number of likely N-dealkylation sites (tertiary alicyclic amines) is 1. The highest BCUT2D eigenvalue weighted by Gasteiger charge is 2.65. The summed E-state index contributed by atoms with van der Waals surface area (Å²) in [5.41, 5.74) is 0. The first-order valence-corrected chi connectivity index (χ1v) is 4.94. The summed E-state index contributed by atoms with van der Waals surface area (Å²) >= 11 is 0. The van der Waals surface area contributed by atoms with Gasteiger partial charge in [0.05, 0.1) is 0 Å². The molecular weight excluding hydrogens is 265 g/mol. The highest BCUT2D eigenvalue weighted by molar-refractivity contribution is 5.84. The molecule has 2 unspecified atom stereocenters. The summed E-state index contributed by atoms with van der Waals surface area (Å²) in [5, 5.41) is 0. The first kappa shape index (κ1) is 15.1. The van der Waals surface area contributed by atoms with Crippen LogP contribution in [-0.4, -0.2) is 62.4 Å². The topological polar surface area (TPSA) is 38.8 Å². The molecule has 1 saturated heterocycles. The molecule has 4 nitrogen and oxygen atoms in total. The lowest BCUT2D eigenvalue weighted by Crippen LogP contribution is -2.51. The molecule has 0 saturated carbocycles. The second kappa shape index (κ2) is 4.96. The third-order valence-electron chi connectivity index (χ3n) is 2.73. The number of alkyl halides is 5. The van der Waals surface area contributed by atoms with E-state index in [1.54, 1.807) is 0 Å². The standard InChI is InChI=1S/C9H12F5NO3/c1-17-5-3-15(4-6(5)18-2)7(16)8(10,11)9(12,13)14/h5-6H,3-4H2,1-2H3. The van der Waals surface area contributed by atoms with E-state index in [9.17, 15) is 26.7 Å². The number of nitrogens with zero attached hydrogens (tertiary/aromatic N) is 1. The van der Waals surface area contributed by atoms with Crippen LogP contribution < -0.4 is 0 Å². The Morgan fingerprint density at radius 2 is 1.44 bits per heavy atom. The molecule has 1 rings (SSSR count). The van der Waals surface area contributed by atoms with Crippen LogP contribution in [-0.2, 0) is 14.3 Å². The van der Waals surface area contributed by atoms with E-state index in [1.807, 2.05) is 0 Å². The highest BCUT2D eigenvalue weighted by Crippen LogP contribution is 2.37. The van der Waals surface area contributed by atoms with Crippen molar-refractivity contribution >= 4 is 5.91 Å². The van der Waals surface area contributed by atoms with E-state index >= 15 is 0 Å². The van der Waals surface area contributed by atoms with Crippen molar-refractivity contribution in [3.8, 4) is 0 Å². The first-order valence-electron chi connectivity index (χ1n) is 4.94. The third kappa shape index (κ3) is 2.56. The number of carbonyl (C=O) groups excluding carboxylic acids is 1. The van der Waals surface area contributed by atoms with Crippen LogP contribution in [0.15, 0.2) is 0 Å². The molecule has 1 aliphatic rings. The minimum absolute atomic E-state index is 0.362. The summed E-state index contributed by atoms with van der Waals surface area (Å²) in [6.45, 7) is -0.723. The van der Waals surface area contributed by atoms with Crippen molar-refractivity contribution in [3.63, 3.8) is 0 Å². The zero-order chi connectivity index (χ0) is 14.1. The molecule has 0 aliphatic carbocycles. The summed E-state index contributed by atoms with van der Waals surface area (Å²) < 4.78 is 71.5. The van der Waals surface area contributed by atoms with Gasteiger partial charge in [-0.2, -0.15) is 22.0 Å². The Bertz CT molecular complexity index is 308. The van der Waals surface area contributed by atoms with Crippen LogP contribution in [0.4, 0.5) is 22.0 Å². The van der Waals surface area contributed by atoms with Crippen LogP contribution in [0.1, 0.15) is 0 Å². The predicted molar refractivity (Wildman–Crippen MR) is 49.2 cm³/mol. The highest BCUT2D eigenvalue weighted by atomic mass is 19.4. The second-order valence-corrected chi connectivity index (χ2v) is 3.83. The molecule has 18 heavy (non-hydrogen) atoms. The van der Waals surface area contributed by atoms with Crippen LogP contribution in [0.3, 0.4) is 0 Å². The zero-order valence-electron chi connectivity index (χ0n) is 9.63. The summed E-state index contributed by atoms with van der Waals surface area (Å²) in [4.78, 5) is 11.6. The van der Waals surface area contributed by atoms with Gasteiger partial charge in [-0.05, 0) is 0 Å². The fourth-order valence-corrected chi connectivity index (χ4v) is 1.68. The molecule has 0 spiro atoms. The van der Waals surface area contributed by atoms with Crippen molar-refractivity contribution in [1.82, 2.24) is 4.90 Å². The Kier molecular flexibility index (Phi) is 4.16. The van der Waals surface area contributed by atoms with E-state index in [0.717, 1.165) is 0 Å². The normalized spacial score (nSPS) is 25.6. The SMILES string of the molecule is COC1CN(C(=O)C(F)(F)C(F)(F)F)CC1OC. The van der Waals surface area contributed by atoms with Gasteiger partial charge < -0.3 is 14.4 Å². The van der Waals surface area contributed by atoms with Gasteiger partial charge in [0.2, 0.25) is 0 Å². The number of hydrogen-bond acceptors (Lipinski definition) is 3. The molecule has 0 N–H and O–H groups in total. The molecule has 0 aromatic heterocycles. The number of ether oxygens (including phenoxy) is 2. The largest absolute Gasteiger partial charge is 0.463 e. The van der Waals surface area contributed by atoms with Gasteiger partial charge >= 0.3 is 18.0 Å². The molecule has 9 heteroatoms. The number of amides is 1. The van der Waals surface area contributed by atoms with Gasteiger partial charge in [0.25, 0.3) is 0 Å². The molecule has 0 aromatic rings. The lowest BCUT2D eigenvalue weighted by molar-refractivity contribution is -0.274. The molecule has 0 aromatic carbocycles. The molecule has 1 amide bonds. The predicted octanol–water partition coefficient (Wildman–Crippen LogP) is 1.06. The molecule has 1 fully saturated rings. The first-order chi connectivity index (χ1) is 8.15. The summed E-state index contributed by atoms with van der Waals surface area (Å²) in [5.74, 6) is -7.68. The Morgan fingerprint density at radius 1 is 1.06 bits per heavy atom. The monoisotopic (exact) mass is 277 g/mol. The third-order valence-corrected chi connectivity index (χ3v) is 2.73. The van der Waals surface area contributed by atoms with E-state index in [2.05, 4.69) is 0 Å². The van der Waals surface area contributed by atoms with E-state index in [-0.39, 0.29) is 13.1 Å². The van der Waals surface area contributed by atoms with Crippen molar-refractivity contribution < 1.29 is 36.2 Å². The fourth-order valence-electron chi connectivity index (χ4n) is 1.68. The molecule has 0 radical (unpaired) electrons. The lowest BCUT2D eigenvalue weighted by atomic mass is 10.3. The Labute approximate surface area is 99.6 Å². The van der Waals surface area contributed by atoms with Gasteiger partial charge in [0, 0.05) is 27.3 Å². The van der Waals surface area contributed by atoms with Crippen LogP contribution >= 0.6 is 0 Å². The summed E-state index contributed by atoms with van der Waals surface area (Å²) in [7, 11) is 2.51. The van der Waals surface area contributed by atoms with Gasteiger partial charge in [-0.3, -0.25) is 4.79 Å². The molecule has 1 heterocycles. The Morgan fingerprint density at radius 3 is 1.72 bits per heavy atom. The number of rotatable bonds is 3. The van der Waals surface area contributed by atoms with Crippen molar-refractivity contribution in [3.05, 3.63) is 0 Å². The van der Waals surface area contributed by atoms with Crippen molar-refractivity contribution in [2.75, 3.05) is 27.3 Å². The van der Waals surface area contributed by atoms with E-state index in [4.69, 9.17) is 9.47 Å². The van der Waals surface area contributed by atoms with E-state index in [1.165, 1.54) is 14.2 Å². The molecule has 106 valence electrons. The number of halogens is 5. The van der Waals surface area contributed by atoms with E-state index in [0.29, 0.717) is 4.90 Å². The minimum Gasteiger partial charge on any atom is -0.377 e. The number of methoxy groups -OCH3 is 2. The average Bonchev–Trinajstić information content (AvgIpc) is 2.69. The van der Waals surface area contributed by atoms with Crippen molar-refractivity contribution in [1.29, 1.82) is 0 Å². The molecular formula is C9H12F5NO3. The maximum atomic E-state index is 12.8. The number of hydrogen-bond donors (Lipinski definition) is 0. The Balaban J connectivity index is 2.82. The Hall–Kier alpha value is -0.960. The van der Waals surface area contributed by atoms with Crippen LogP contribution in [0.5, 0.6) is 0 Å². The second-order valence-electron chi connectivity index (χ2n) is 3.83. The van der Waals surface area contributed by atoms with Gasteiger partial charge in [0.15, 0.2) is 0 Å². The summed E-state index contributed by atoms with van der Waals surface area (Å²) in [6.07, 6.45) is -7.34. The molecule has 2 atom stereocenters. The van der Waals surface area contributed by atoms with Gasteiger partial charge in [-0.15, -0.1) is 0 Å². The summed E-state index contributed by atoms with van der Waals surface area (Å²) in [6, 6.07) is 0. The van der Waals surface area contributed by atoms with Crippen molar-refractivity contribution in [2.45, 2.75) is 24.3 Å². The molecule has 1 aliphatic heterocycles. The zero-order valence-corrected chi connectivity index (χ0v) is 9.63. The van der Waals surface area contributed by atoms with Gasteiger partial charge in [0.1, 0.15) is 12.2 Å². The lowest BCUT2D eigenvalue weighted by Gasteiger charge is -2.24. The molecule has 0 bridgehead atoms. The van der Waals surface area contributed by atoms with E-state index < -0.39 is 30.2 Å². The van der Waals surface area contributed by atoms with Crippen LogP contribution in [0.25, 0.3) is 0 Å². The average molecular weight is 277 g/mol.